The van der Waals surface area contributed by atoms with Crippen LogP contribution in [-0.2, 0) is 11.2 Å². The molecule has 0 bridgehead atoms. The Balaban J connectivity index is 2.49. The third kappa shape index (κ3) is 4.45. The number of nitrogens with one attached hydrogen (secondary N) is 2. The van der Waals surface area contributed by atoms with Gasteiger partial charge in [0.2, 0.25) is 5.91 Å². The summed E-state index contributed by atoms with van der Waals surface area (Å²) in [5, 5.41) is 5.91. The first-order valence-corrected chi connectivity index (χ1v) is 6.31. The van der Waals surface area contributed by atoms with Crippen molar-refractivity contribution >= 4 is 5.91 Å². The van der Waals surface area contributed by atoms with Crippen LogP contribution in [0, 0.1) is 5.82 Å². The second kappa shape index (κ2) is 7.11. The Bertz CT molecular complexity index is 395. The molecule has 18 heavy (non-hydrogen) atoms. The van der Waals surface area contributed by atoms with Crippen molar-refractivity contribution in [1.82, 2.24) is 10.6 Å². The Morgan fingerprint density at radius 3 is 2.61 bits per heavy atom. The van der Waals surface area contributed by atoms with Crippen molar-refractivity contribution in [1.29, 1.82) is 0 Å². The number of rotatable bonds is 6. The van der Waals surface area contributed by atoms with Crippen LogP contribution in [0.3, 0.4) is 0 Å². The number of benzene rings is 1. The van der Waals surface area contributed by atoms with E-state index < -0.39 is 0 Å². The predicted molar refractivity (Wildman–Crippen MR) is 70.8 cm³/mol. The molecule has 1 aromatic carbocycles. The van der Waals surface area contributed by atoms with E-state index >= 15 is 0 Å². The van der Waals surface area contributed by atoms with Gasteiger partial charge in [0.25, 0.3) is 0 Å². The van der Waals surface area contributed by atoms with Crippen LogP contribution in [0.4, 0.5) is 4.39 Å². The van der Waals surface area contributed by atoms with Crippen LogP contribution >= 0.6 is 0 Å². The first-order valence-electron chi connectivity index (χ1n) is 6.31. The third-order valence-electron chi connectivity index (χ3n) is 2.76. The zero-order chi connectivity index (χ0) is 13.5. The van der Waals surface area contributed by atoms with Crippen LogP contribution in [-0.4, -0.2) is 24.5 Å². The highest BCUT2D eigenvalue weighted by Gasteiger charge is 2.15. The molecule has 100 valence electrons. The monoisotopic (exact) mass is 252 g/mol. The third-order valence-corrected chi connectivity index (χ3v) is 2.76. The van der Waals surface area contributed by atoms with E-state index in [-0.39, 0.29) is 23.8 Å². The van der Waals surface area contributed by atoms with E-state index in [1.165, 1.54) is 6.07 Å². The van der Waals surface area contributed by atoms with Gasteiger partial charge in [0.05, 0.1) is 6.04 Å². The number of carbonyl (C=O) groups is 1. The lowest BCUT2D eigenvalue weighted by molar-refractivity contribution is -0.122. The number of likely N-dealkylation sites (N-methyl/N-ethyl adjacent to an activating group) is 1. The van der Waals surface area contributed by atoms with Gasteiger partial charge >= 0.3 is 0 Å². The first-order chi connectivity index (χ1) is 8.54. The molecule has 2 unspecified atom stereocenters. The normalized spacial score (nSPS) is 14.0. The van der Waals surface area contributed by atoms with Gasteiger partial charge in [-0.1, -0.05) is 18.2 Å². The van der Waals surface area contributed by atoms with E-state index in [9.17, 15) is 9.18 Å². The summed E-state index contributed by atoms with van der Waals surface area (Å²) >= 11 is 0. The highest BCUT2D eigenvalue weighted by atomic mass is 19.1. The fourth-order valence-electron chi connectivity index (χ4n) is 1.88. The molecule has 0 saturated heterocycles. The fraction of sp³-hybridized carbons (Fsp3) is 0.500. The Labute approximate surface area is 108 Å². The van der Waals surface area contributed by atoms with Gasteiger partial charge in [0.1, 0.15) is 5.82 Å². The van der Waals surface area contributed by atoms with Crippen LogP contribution in [0.15, 0.2) is 24.3 Å². The topological polar surface area (TPSA) is 41.1 Å². The van der Waals surface area contributed by atoms with E-state index in [1.807, 2.05) is 26.8 Å². The molecule has 0 fully saturated rings. The fourth-order valence-corrected chi connectivity index (χ4v) is 1.88. The molecule has 0 heterocycles. The predicted octanol–water partition coefficient (Wildman–Crippen LogP) is 1.87. The Hall–Kier alpha value is -1.42. The summed E-state index contributed by atoms with van der Waals surface area (Å²) in [4.78, 5) is 11.6. The van der Waals surface area contributed by atoms with E-state index in [0.717, 1.165) is 0 Å². The molecule has 1 aromatic rings. The molecule has 1 rings (SSSR count). The summed E-state index contributed by atoms with van der Waals surface area (Å²) in [5.74, 6) is -0.227. The van der Waals surface area contributed by atoms with Crippen LogP contribution in [0.2, 0.25) is 0 Å². The molecule has 0 aliphatic heterocycles. The SMILES string of the molecule is CCNC(=O)C(C)NC(C)Cc1ccccc1F. The van der Waals surface area contributed by atoms with Crippen LogP contribution in [0.25, 0.3) is 0 Å². The van der Waals surface area contributed by atoms with Crippen molar-refractivity contribution in [3.05, 3.63) is 35.6 Å². The quantitative estimate of drug-likeness (QED) is 0.811. The van der Waals surface area contributed by atoms with Gasteiger partial charge in [-0.25, -0.2) is 4.39 Å². The van der Waals surface area contributed by atoms with Gasteiger partial charge < -0.3 is 10.6 Å². The molecule has 0 aliphatic rings. The van der Waals surface area contributed by atoms with Gasteiger partial charge in [-0.05, 0) is 38.8 Å². The van der Waals surface area contributed by atoms with Crippen LogP contribution in [0.5, 0.6) is 0 Å². The number of hydrogen-bond acceptors (Lipinski definition) is 2. The number of carbonyl (C=O) groups excluding carboxylic acids is 1. The molecule has 2 N–H and O–H groups in total. The highest BCUT2D eigenvalue weighted by Crippen LogP contribution is 2.09. The average molecular weight is 252 g/mol. The van der Waals surface area contributed by atoms with Crippen molar-refractivity contribution in [3.63, 3.8) is 0 Å². The van der Waals surface area contributed by atoms with E-state index in [0.29, 0.717) is 18.5 Å². The summed E-state index contributed by atoms with van der Waals surface area (Å²) in [7, 11) is 0. The largest absolute Gasteiger partial charge is 0.355 e. The molecule has 1 amide bonds. The second-order valence-corrected chi connectivity index (χ2v) is 4.48. The zero-order valence-electron chi connectivity index (χ0n) is 11.2. The maximum absolute atomic E-state index is 13.5. The molecule has 2 atom stereocenters. The standard InChI is InChI=1S/C14H21FN2O/c1-4-16-14(18)11(3)17-10(2)9-12-7-5-6-8-13(12)15/h5-8,10-11,17H,4,9H2,1-3H3,(H,16,18). The summed E-state index contributed by atoms with van der Waals surface area (Å²) < 4.78 is 13.5. The van der Waals surface area contributed by atoms with Crippen molar-refractivity contribution in [2.24, 2.45) is 0 Å². The van der Waals surface area contributed by atoms with Crippen LogP contribution in [0.1, 0.15) is 26.3 Å². The Morgan fingerprint density at radius 2 is 2.00 bits per heavy atom. The summed E-state index contributed by atoms with van der Waals surface area (Å²) in [6.45, 7) is 6.25. The summed E-state index contributed by atoms with van der Waals surface area (Å²) in [5.41, 5.74) is 0.667. The number of amides is 1. The lowest BCUT2D eigenvalue weighted by atomic mass is 10.1. The molecule has 0 saturated carbocycles. The van der Waals surface area contributed by atoms with Gasteiger partial charge in [0.15, 0.2) is 0 Å². The molecule has 3 nitrogen and oxygen atoms in total. The number of hydrogen-bond donors (Lipinski definition) is 2. The highest BCUT2D eigenvalue weighted by molar-refractivity contribution is 5.81. The number of halogens is 1. The smallest absolute Gasteiger partial charge is 0.236 e. The molecule has 0 radical (unpaired) electrons. The lowest BCUT2D eigenvalue weighted by Gasteiger charge is -2.19. The Kier molecular flexibility index (Phi) is 5.78. The Morgan fingerprint density at radius 1 is 1.33 bits per heavy atom. The van der Waals surface area contributed by atoms with Crippen molar-refractivity contribution in [2.75, 3.05) is 6.54 Å². The van der Waals surface area contributed by atoms with Crippen LogP contribution < -0.4 is 10.6 Å². The first kappa shape index (κ1) is 14.6. The maximum Gasteiger partial charge on any atom is 0.236 e. The zero-order valence-corrected chi connectivity index (χ0v) is 11.2. The van der Waals surface area contributed by atoms with E-state index in [2.05, 4.69) is 10.6 Å². The average Bonchev–Trinajstić information content (AvgIpc) is 2.32. The minimum atomic E-state index is -0.272. The van der Waals surface area contributed by atoms with Gasteiger partial charge in [-0.15, -0.1) is 0 Å². The van der Waals surface area contributed by atoms with Crippen molar-refractivity contribution in [3.8, 4) is 0 Å². The minimum Gasteiger partial charge on any atom is -0.355 e. The van der Waals surface area contributed by atoms with Gasteiger partial charge in [0, 0.05) is 12.6 Å². The van der Waals surface area contributed by atoms with Crippen molar-refractivity contribution in [2.45, 2.75) is 39.3 Å². The van der Waals surface area contributed by atoms with Gasteiger partial charge in [-0.3, -0.25) is 4.79 Å². The second-order valence-electron chi connectivity index (χ2n) is 4.48. The molecule has 0 aromatic heterocycles. The molecular formula is C14H21FN2O. The van der Waals surface area contributed by atoms with Gasteiger partial charge in [-0.2, -0.15) is 0 Å². The van der Waals surface area contributed by atoms with E-state index in [4.69, 9.17) is 0 Å². The molecule has 4 heteroatoms. The molecular weight excluding hydrogens is 231 g/mol. The maximum atomic E-state index is 13.5. The minimum absolute atomic E-state index is 0.0297. The molecule has 0 spiro atoms. The van der Waals surface area contributed by atoms with Crippen molar-refractivity contribution < 1.29 is 9.18 Å². The van der Waals surface area contributed by atoms with E-state index in [1.54, 1.807) is 12.1 Å². The lowest BCUT2D eigenvalue weighted by Crippen LogP contribution is -2.46. The summed E-state index contributed by atoms with van der Waals surface area (Å²) in [6.07, 6.45) is 0.566. The molecule has 0 aliphatic carbocycles. The summed E-state index contributed by atoms with van der Waals surface area (Å²) in [6, 6.07) is 6.48.